The summed E-state index contributed by atoms with van der Waals surface area (Å²) in [5.74, 6) is -1.66. The van der Waals surface area contributed by atoms with Gasteiger partial charge < -0.3 is 26.0 Å². The number of hydrogen-bond donors (Lipinski definition) is 3. The first-order chi connectivity index (χ1) is 20.6. The number of amides is 1. The second-order valence-electron chi connectivity index (χ2n) is 10.5. The largest absolute Gasteiger partial charge is 0.494 e. The lowest BCUT2D eigenvalue weighted by molar-refractivity contribution is -0.127. The van der Waals surface area contributed by atoms with Gasteiger partial charge in [-0.3, -0.25) is 9.79 Å². The highest BCUT2D eigenvalue weighted by Crippen LogP contribution is 2.35. The Kier molecular flexibility index (Phi) is 10.7. The molecule has 2 aliphatic rings. The standard InChI is InChI=1S/C29H38ClF2N9O2/c1-17-20(30)7-6-8-21(17)38-29(41(16-42)40-13-11-39(4)12-14-40)18(2)37-28-23(27(33)35-15-36-28)26(34-3)19-9-10-22(43-5)25(32)24(19)31/h6-7,9-10,15-16,18,21,26,34H,8,11-14H2,1-5H3,(H3,33,35,36,37). The smallest absolute Gasteiger partial charge is 0.229 e. The van der Waals surface area contributed by atoms with Gasteiger partial charge in [-0.2, -0.15) is 4.39 Å². The van der Waals surface area contributed by atoms with E-state index in [0.717, 1.165) is 25.1 Å². The first-order valence-corrected chi connectivity index (χ1v) is 14.3. The van der Waals surface area contributed by atoms with Crippen molar-refractivity contribution in [3.05, 3.63) is 64.0 Å². The number of hydrogen-bond acceptors (Lipinski definition) is 10. The molecule has 1 aliphatic heterocycles. The molecule has 1 saturated heterocycles. The number of benzene rings is 1. The van der Waals surface area contributed by atoms with E-state index in [-0.39, 0.29) is 29.0 Å². The van der Waals surface area contributed by atoms with Gasteiger partial charge in [-0.25, -0.2) is 24.4 Å². The van der Waals surface area contributed by atoms with Crippen LogP contribution in [0.1, 0.15) is 37.4 Å². The zero-order valence-corrected chi connectivity index (χ0v) is 25.7. The van der Waals surface area contributed by atoms with E-state index in [1.54, 1.807) is 7.05 Å². The molecular formula is C29H38ClF2N9O2. The average molecular weight is 618 g/mol. The second kappa shape index (κ2) is 14.2. The van der Waals surface area contributed by atoms with Crippen LogP contribution in [-0.2, 0) is 4.79 Å². The van der Waals surface area contributed by atoms with Gasteiger partial charge >= 0.3 is 0 Å². The van der Waals surface area contributed by atoms with E-state index in [1.165, 1.54) is 30.6 Å². The van der Waals surface area contributed by atoms with Gasteiger partial charge in [0.25, 0.3) is 0 Å². The Morgan fingerprint density at radius 1 is 1.26 bits per heavy atom. The summed E-state index contributed by atoms with van der Waals surface area (Å²) in [4.78, 5) is 28.4. The van der Waals surface area contributed by atoms with Gasteiger partial charge in [0, 0.05) is 36.8 Å². The number of ether oxygens (including phenoxy) is 1. The molecule has 0 saturated carbocycles. The van der Waals surface area contributed by atoms with Gasteiger partial charge in [-0.1, -0.05) is 23.7 Å². The third-order valence-corrected chi connectivity index (χ3v) is 8.17. The normalized spacial score (nSPS) is 19.7. The number of carbonyl (C=O) groups is 1. The Bertz CT molecular complexity index is 1410. The lowest BCUT2D eigenvalue weighted by Gasteiger charge is -2.40. The molecule has 1 fully saturated rings. The summed E-state index contributed by atoms with van der Waals surface area (Å²) in [5, 5.41) is 10.4. The van der Waals surface area contributed by atoms with Crippen LogP contribution in [0.5, 0.6) is 5.75 Å². The van der Waals surface area contributed by atoms with Crippen LogP contribution in [0.4, 0.5) is 20.4 Å². The minimum absolute atomic E-state index is 0.0109. The third kappa shape index (κ3) is 6.96. The number of carbonyl (C=O) groups excluding carboxylic acids is 1. The zero-order chi connectivity index (χ0) is 31.3. The molecule has 2 heterocycles. The van der Waals surface area contributed by atoms with Gasteiger partial charge in [-0.05, 0) is 52.1 Å². The number of piperazine rings is 1. The number of amidine groups is 1. The number of nitrogen functional groups attached to an aromatic ring is 1. The van der Waals surface area contributed by atoms with Crippen molar-refractivity contribution in [1.82, 2.24) is 30.2 Å². The van der Waals surface area contributed by atoms with Crippen LogP contribution in [0.25, 0.3) is 0 Å². The van der Waals surface area contributed by atoms with Crippen molar-refractivity contribution in [2.75, 3.05) is 58.4 Å². The number of nitrogens with zero attached hydrogens (tertiary/aromatic N) is 6. The highest BCUT2D eigenvalue weighted by atomic mass is 35.5. The van der Waals surface area contributed by atoms with Crippen molar-refractivity contribution in [2.45, 2.75) is 38.4 Å². The number of likely N-dealkylation sites (N-methyl/N-ethyl adjacent to an activating group) is 1. The minimum atomic E-state index is -1.12. The molecule has 0 radical (unpaired) electrons. The zero-order valence-electron chi connectivity index (χ0n) is 24.9. The number of halogens is 3. The highest BCUT2D eigenvalue weighted by Gasteiger charge is 2.31. The molecule has 14 heteroatoms. The first kappa shape index (κ1) is 32.3. The molecule has 43 heavy (non-hydrogen) atoms. The molecule has 4 N–H and O–H groups in total. The second-order valence-corrected chi connectivity index (χ2v) is 10.9. The third-order valence-electron chi connectivity index (χ3n) is 7.75. The molecule has 3 unspecified atom stereocenters. The molecule has 232 valence electrons. The van der Waals surface area contributed by atoms with E-state index in [9.17, 15) is 9.18 Å². The van der Waals surface area contributed by atoms with Crippen LogP contribution in [0.2, 0.25) is 0 Å². The molecule has 4 rings (SSSR count). The quantitative estimate of drug-likeness (QED) is 0.209. The van der Waals surface area contributed by atoms with Crippen LogP contribution in [0.3, 0.4) is 0 Å². The maximum Gasteiger partial charge on any atom is 0.229 e. The van der Waals surface area contributed by atoms with Crippen LogP contribution in [-0.4, -0.2) is 96.6 Å². The monoisotopic (exact) mass is 617 g/mol. The summed E-state index contributed by atoms with van der Waals surface area (Å²) in [5.41, 5.74) is 7.50. The summed E-state index contributed by atoms with van der Waals surface area (Å²) in [6.45, 7) is 6.55. The summed E-state index contributed by atoms with van der Waals surface area (Å²) < 4.78 is 34.9. The van der Waals surface area contributed by atoms with Crippen molar-refractivity contribution in [3.8, 4) is 5.75 Å². The minimum Gasteiger partial charge on any atom is -0.494 e. The molecule has 1 aromatic heterocycles. The van der Waals surface area contributed by atoms with E-state index in [2.05, 4.69) is 25.5 Å². The van der Waals surface area contributed by atoms with Crippen LogP contribution < -0.4 is 21.1 Å². The summed E-state index contributed by atoms with van der Waals surface area (Å²) >= 11 is 6.43. The van der Waals surface area contributed by atoms with Crippen molar-refractivity contribution in [2.24, 2.45) is 4.99 Å². The van der Waals surface area contributed by atoms with Crippen LogP contribution >= 0.6 is 11.6 Å². The number of anilines is 2. The fraction of sp³-hybridized carbons (Fsp3) is 0.448. The molecule has 1 aromatic carbocycles. The Balaban J connectivity index is 1.75. The van der Waals surface area contributed by atoms with Crippen LogP contribution in [0.15, 0.2) is 46.2 Å². The number of aromatic nitrogens is 2. The number of nitrogens with two attached hydrogens (primary N) is 1. The molecule has 0 spiro atoms. The van der Waals surface area contributed by atoms with Gasteiger partial charge in [0.05, 0.1) is 30.8 Å². The number of allylic oxidation sites excluding steroid dienone is 2. The van der Waals surface area contributed by atoms with E-state index in [4.69, 9.17) is 27.1 Å². The number of hydrazine groups is 1. The van der Waals surface area contributed by atoms with E-state index in [1.807, 2.05) is 38.1 Å². The Morgan fingerprint density at radius 2 is 1.98 bits per heavy atom. The summed E-state index contributed by atoms with van der Waals surface area (Å²) in [6, 6.07) is 0.954. The van der Waals surface area contributed by atoms with Crippen molar-refractivity contribution >= 4 is 35.5 Å². The number of rotatable bonds is 10. The highest BCUT2D eigenvalue weighted by molar-refractivity contribution is 6.31. The fourth-order valence-corrected chi connectivity index (χ4v) is 5.40. The van der Waals surface area contributed by atoms with Crippen molar-refractivity contribution in [1.29, 1.82) is 0 Å². The topological polar surface area (TPSA) is 124 Å². The lowest BCUT2D eigenvalue weighted by atomic mass is 9.98. The SMILES string of the molecule is CNC(c1ccc(OC)c(F)c1F)c1c(N)ncnc1NC(C)C(=NC1CC=CC(Cl)=C1C)N(C=O)N1CCN(C)CC1. The summed E-state index contributed by atoms with van der Waals surface area (Å²) in [7, 11) is 4.89. The van der Waals surface area contributed by atoms with E-state index in [0.29, 0.717) is 35.9 Å². The maximum atomic E-state index is 15.2. The van der Waals surface area contributed by atoms with Crippen molar-refractivity contribution < 1.29 is 18.3 Å². The van der Waals surface area contributed by atoms with Gasteiger partial charge in [-0.15, -0.1) is 0 Å². The molecule has 2 aromatic rings. The molecule has 0 bridgehead atoms. The molecule has 1 amide bonds. The predicted octanol–water partition coefficient (Wildman–Crippen LogP) is 3.32. The molecule has 1 aliphatic carbocycles. The van der Waals surface area contributed by atoms with Gasteiger partial charge in [0.1, 0.15) is 23.8 Å². The number of methoxy groups -OCH3 is 1. The number of aliphatic imine (C=N–C) groups is 1. The fourth-order valence-electron chi connectivity index (χ4n) is 5.18. The average Bonchev–Trinajstić information content (AvgIpc) is 2.99. The van der Waals surface area contributed by atoms with Gasteiger partial charge in [0.2, 0.25) is 12.2 Å². The summed E-state index contributed by atoms with van der Waals surface area (Å²) in [6.07, 6.45) is 6.44. The Hall–Kier alpha value is -3.65. The van der Waals surface area contributed by atoms with E-state index >= 15 is 4.39 Å². The molecular weight excluding hydrogens is 580 g/mol. The molecule has 3 atom stereocenters. The lowest BCUT2D eigenvalue weighted by Crippen LogP contribution is -2.57. The Morgan fingerprint density at radius 3 is 2.63 bits per heavy atom. The van der Waals surface area contributed by atoms with Crippen molar-refractivity contribution in [3.63, 3.8) is 0 Å². The van der Waals surface area contributed by atoms with Gasteiger partial charge in [0.15, 0.2) is 11.6 Å². The Labute approximate surface area is 255 Å². The predicted molar refractivity (Wildman–Crippen MR) is 164 cm³/mol. The number of nitrogens with one attached hydrogen (secondary N) is 2. The maximum absolute atomic E-state index is 15.2. The van der Waals surface area contributed by atoms with E-state index < -0.39 is 23.7 Å². The van der Waals surface area contributed by atoms with Crippen LogP contribution in [0, 0.1) is 11.6 Å². The first-order valence-electron chi connectivity index (χ1n) is 14.0. The molecule has 11 nitrogen and oxygen atoms in total.